The van der Waals surface area contributed by atoms with Crippen molar-refractivity contribution < 1.29 is 4.79 Å². The number of carbonyl (C=O) groups is 1. The van der Waals surface area contributed by atoms with Crippen molar-refractivity contribution in [3.63, 3.8) is 0 Å². The Morgan fingerprint density at radius 3 is 2.42 bits per heavy atom. The fourth-order valence-electron chi connectivity index (χ4n) is 0.836. The van der Waals surface area contributed by atoms with Gasteiger partial charge in [0.25, 0.3) is 0 Å². The van der Waals surface area contributed by atoms with Crippen LogP contribution in [0.25, 0.3) is 0 Å². The molecule has 0 fully saturated rings. The third-order valence-corrected chi connectivity index (χ3v) is 2.81. The first-order chi connectivity index (χ1) is 5.52. The average molecular weight is 293 g/mol. The lowest BCUT2D eigenvalue weighted by molar-refractivity contribution is 0.101. The smallest absolute Gasteiger partial charge is 0.161 e. The second-order valence-corrected chi connectivity index (χ2v) is 4.12. The Morgan fingerprint density at radius 2 is 1.92 bits per heavy atom. The van der Waals surface area contributed by atoms with Gasteiger partial charge in [-0.25, -0.2) is 0 Å². The van der Waals surface area contributed by atoms with Crippen molar-refractivity contribution in [2.24, 2.45) is 0 Å². The molecule has 4 heteroatoms. The van der Waals surface area contributed by atoms with Gasteiger partial charge in [0.05, 0.1) is 0 Å². The minimum Gasteiger partial charge on any atom is -0.398 e. The number of benzene rings is 1. The summed E-state index contributed by atoms with van der Waals surface area (Å²) in [6.45, 7) is 1.51. The number of halogens is 2. The molecule has 0 heterocycles. The molecule has 1 aromatic rings. The van der Waals surface area contributed by atoms with Crippen LogP contribution in [-0.4, -0.2) is 5.78 Å². The van der Waals surface area contributed by atoms with Gasteiger partial charge in [-0.2, -0.15) is 0 Å². The van der Waals surface area contributed by atoms with Gasteiger partial charge in [0, 0.05) is 20.2 Å². The van der Waals surface area contributed by atoms with Gasteiger partial charge < -0.3 is 5.73 Å². The van der Waals surface area contributed by atoms with E-state index in [0.29, 0.717) is 11.3 Å². The molecule has 0 saturated heterocycles. The zero-order valence-electron chi connectivity index (χ0n) is 6.40. The summed E-state index contributed by atoms with van der Waals surface area (Å²) in [5, 5.41) is 0. The molecule has 12 heavy (non-hydrogen) atoms. The first-order valence-electron chi connectivity index (χ1n) is 3.28. The fraction of sp³-hybridized carbons (Fsp3) is 0.125. The van der Waals surface area contributed by atoms with E-state index in [1.807, 2.05) is 0 Å². The third-order valence-electron chi connectivity index (χ3n) is 1.47. The number of Topliss-reactive ketones (excluding diaryl/α,β-unsaturated/α-hetero) is 1. The van der Waals surface area contributed by atoms with Crippen LogP contribution in [0.2, 0.25) is 0 Å². The molecule has 0 aliphatic rings. The van der Waals surface area contributed by atoms with Crippen molar-refractivity contribution in [1.29, 1.82) is 0 Å². The molecule has 0 bridgehead atoms. The Balaban J connectivity index is 3.33. The van der Waals surface area contributed by atoms with Crippen LogP contribution in [0, 0.1) is 0 Å². The molecule has 0 saturated carbocycles. The Kier molecular flexibility index (Phi) is 2.90. The van der Waals surface area contributed by atoms with Gasteiger partial charge in [-0.1, -0.05) is 15.9 Å². The highest BCUT2D eigenvalue weighted by atomic mass is 79.9. The zero-order chi connectivity index (χ0) is 9.30. The summed E-state index contributed by atoms with van der Waals surface area (Å²) in [6, 6.07) is 3.42. The van der Waals surface area contributed by atoms with Crippen molar-refractivity contribution in [3.8, 4) is 0 Å². The van der Waals surface area contributed by atoms with E-state index in [9.17, 15) is 4.79 Å². The lowest BCUT2D eigenvalue weighted by atomic mass is 10.1. The van der Waals surface area contributed by atoms with Gasteiger partial charge >= 0.3 is 0 Å². The highest BCUT2D eigenvalue weighted by Gasteiger charge is 2.07. The lowest BCUT2D eigenvalue weighted by Crippen LogP contribution is -1.96. The topological polar surface area (TPSA) is 43.1 Å². The van der Waals surface area contributed by atoms with E-state index < -0.39 is 0 Å². The normalized spacial score (nSPS) is 9.92. The third kappa shape index (κ3) is 1.87. The summed E-state index contributed by atoms with van der Waals surface area (Å²) in [5.41, 5.74) is 6.79. The van der Waals surface area contributed by atoms with Gasteiger partial charge in [-0.15, -0.1) is 0 Å². The number of rotatable bonds is 1. The van der Waals surface area contributed by atoms with Crippen LogP contribution in [0.15, 0.2) is 21.1 Å². The maximum absolute atomic E-state index is 11.0. The Bertz CT molecular complexity index is 336. The van der Waals surface area contributed by atoms with E-state index in [0.717, 1.165) is 8.95 Å². The fourth-order valence-corrected chi connectivity index (χ4v) is 2.11. The van der Waals surface area contributed by atoms with Crippen LogP contribution in [0.3, 0.4) is 0 Å². The predicted octanol–water partition coefficient (Wildman–Crippen LogP) is 3.00. The standard InChI is InChI=1S/C8H7Br2NO/c1-4(12)5-2-8(11)7(10)3-6(5)9/h2-3H,11H2,1H3. The van der Waals surface area contributed by atoms with Crippen molar-refractivity contribution >= 4 is 43.3 Å². The molecule has 0 amide bonds. The molecule has 64 valence electrons. The molecule has 0 aliphatic heterocycles. The number of carbonyl (C=O) groups excluding carboxylic acids is 1. The quantitative estimate of drug-likeness (QED) is 0.639. The molecule has 1 rings (SSSR count). The molecule has 0 atom stereocenters. The highest BCUT2D eigenvalue weighted by molar-refractivity contribution is 9.11. The van der Waals surface area contributed by atoms with Crippen molar-refractivity contribution in [1.82, 2.24) is 0 Å². The van der Waals surface area contributed by atoms with Crippen LogP contribution in [-0.2, 0) is 0 Å². The lowest BCUT2D eigenvalue weighted by Gasteiger charge is -2.03. The van der Waals surface area contributed by atoms with E-state index in [1.165, 1.54) is 6.92 Å². The summed E-state index contributed by atoms with van der Waals surface area (Å²) >= 11 is 6.54. The number of nitrogens with two attached hydrogens (primary N) is 1. The molecule has 0 spiro atoms. The predicted molar refractivity (Wildman–Crippen MR) is 56.3 cm³/mol. The maximum atomic E-state index is 11.0. The zero-order valence-corrected chi connectivity index (χ0v) is 9.57. The van der Waals surface area contributed by atoms with Gasteiger partial charge in [0.15, 0.2) is 5.78 Å². The Morgan fingerprint density at radius 1 is 1.33 bits per heavy atom. The van der Waals surface area contributed by atoms with E-state index in [1.54, 1.807) is 12.1 Å². The van der Waals surface area contributed by atoms with Crippen LogP contribution < -0.4 is 5.73 Å². The highest BCUT2D eigenvalue weighted by Crippen LogP contribution is 2.27. The Labute approximate surface area is 87.4 Å². The summed E-state index contributed by atoms with van der Waals surface area (Å²) in [4.78, 5) is 11.0. The van der Waals surface area contributed by atoms with E-state index in [4.69, 9.17) is 5.73 Å². The van der Waals surface area contributed by atoms with Crippen molar-refractivity contribution in [2.75, 3.05) is 5.73 Å². The molecular formula is C8H7Br2NO. The van der Waals surface area contributed by atoms with Crippen LogP contribution in [0.1, 0.15) is 17.3 Å². The molecule has 0 aromatic heterocycles. The first kappa shape index (κ1) is 9.74. The molecule has 0 radical (unpaired) electrons. The second kappa shape index (κ2) is 3.58. The van der Waals surface area contributed by atoms with Gasteiger partial charge in [0.1, 0.15) is 0 Å². The number of ketones is 1. The minimum absolute atomic E-state index is 0.000995. The molecule has 0 unspecified atom stereocenters. The number of anilines is 1. The van der Waals surface area contributed by atoms with E-state index >= 15 is 0 Å². The van der Waals surface area contributed by atoms with E-state index in [2.05, 4.69) is 31.9 Å². The minimum atomic E-state index is 0.000995. The first-order valence-corrected chi connectivity index (χ1v) is 4.86. The largest absolute Gasteiger partial charge is 0.398 e. The summed E-state index contributed by atoms with van der Waals surface area (Å²) < 4.78 is 1.55. The molecular weight excluding hydrogens is 286 g/mol. The second-order valence-electron chi connectivity index (χ2n) is 2.41. The van der Waals surface area contributed by atoms with Crippen molar-refractivity contribution in [3.05, 3.63) is 26.6 Å². The monoisotopic (exact) mass is 291 g/mol. The number of hydrogen-bond acceptors (Lipinski definition) is 2. The number of nitrogen functional groups attached to an aromatic ring is 1. The SMILES string of the molecule is CC(=O)c1cc(N)c(Br)cc1Br. The Hall–Kier alpha value is -0.350. The maximum Gasteiger partial charge on any atom is 0.161 e. The molecule has 2 N–H and O–H groups in total. The molecule has 0 aliphatic carbocycles. The van der Waals surface area contributed by atoms with Crippen LogP contribution >= 0.6 is 31.9 Å². The van der Waals surface area contributed by atoms with Crippen LogP contribution in [0.5, 0.6) is 0 Å². The summed E-state index contributed by atoms with van der Waals surface area (Å²) in [7, 11) is 0. The van der Waals surface area contributed by atoms with E-state index in [-0.39, 0.29) is 5.78 Å². The summed E-state index contributed by atoms with van der Waals surface area (Å²) in [5.74, 6) is 0.000995. The molecule has 1 aromatic carbocycles. The summed E-state index contributed by atoms with van der Waals surface area (Å²) in [6.07, 6.45) is 0. The average Bonchev–Trinajstić information content (AvgIpc) is 1.96. The number of hydrogen-bond donors (Lipinski definition) is 1. The van der Waals surface area contributed by atoms with Crippen LogP contribution in [0.4, 0.5) is 5.69 Å². The van der Waals surface area contributed by atoms with Gasteiger partial charge in [-0.05, 0) is 35.0 Å². The van der Waals surface area contributed by atoms with Gasteiger partial charge in [0.2, 0.25) is 0 Å². The van der Waals surface area contributed by atoms with Gasteiger partial charge in [-0.3, -0.25) is 4.79 Å². The molecule has 2 nitrogen and oxygen atoms in total. The van der Waals surface area contributed by atoms with Crippen molar-refractivity contribution in [2.45, 2.75) is 6.92 Å².